The molecule has 0 aromatic heterocycles. The standard InChI is InChI=1S/C29H24ClNO7/c1-13-9-18(30)16-8-6-5-7-15(16)17(13)12-31-28(36)24-21(37-4)10-20(34)25-26(24)38-22-11-19(33)23(14(2)32)27(35)29(22,25)3/h5-11,23,34H,12H2,1-4H3,(H,31,36)/t23?,29-/m1/s1. The third-order valence-corrected chi connectivity index (χ3v) is 7.66. The summed E-state index contributed by atoms with van der Waals surface area (Å²) in [6, 6.07) is 10.6. The fraction of sp³-hybridized carbons (Fsp3) is 0.241. The Balaban J connectivity index is 1.59. The second-order valence-electron chi connectivity index (χ2n) is 9.61. The molecule has 3 aromatic carbocycles. The van der Waals surface area contributed by atoms with Gasteiger partial charge in [-0.2, -0.15) is 0 Å². The minimum atomic E-state index is -1.63. The number of ether oxygens (including phenoxy) is 2. The second-order valence-corrected chi connectivity index (χ2v) is 10.0. The lowest BCUT2D eigenvalue weighted by Crippen LogP contribution is -2.47. The van der Waals surface area contributed by atoms with E-state index >= 15 is 0 Å². The summed E-state index contributed by atoms with van der Waals surface area (Å²) in [5.74, 6) is -4.63. The number of phenols is 1. The lowest BCUT2D eigenvalue weighted by atomic mass is 9.67. The summed E-state index contributed by atoms with van der Waals surface area (Å²) in [6.07, 6.45) is 1.09. The molecule has 1 aliphatic heterocycles. The van der Waals surface area contributed by atoms with Gasteiger partial charge in [0.1, 0.15) is 39.9 Å². The number of halogens is 1. The van der Waals surface area contributed by atoms with Crippen LogP contribution in [0.3, 0.4) is 0 Å². The Kier molecular flexibility index (Phi) is 6.03. The van der Waals surface area contributed by atoms with Gasteiger partial charge in [-0.15, -0.1) is 0 Å². The molecule has 1 heterocycles. The first-order chi connectivity index (χ1) is 18.0. The first kappa shape index (κ1) is 25.5. The molecule has 1 aliphatic carbocycles. The molecule has 0 saturated carbocycles. The molecular formula is C29H24ClNO7. The zero-order valence-corrected chi connectivity index (χ0v) is 21.9. The Hall–Kier alpha value is -4.17. The number of aryl methyl sites for hydroxylation is 1. The summed E-state index contributed by atoms with van der Waals surface area (Å²) >= 11 is 6.41. The van der Waals surface area contributed by atoms with Gasteiger partial charge < -0.3 is 19.9 Å². The van der Waals surface area contributed by atoms with Gasteiger partial charge in [-0.05, 0) is 43.4 Å². The van der Waals surface area contributed by atoms with Crippen molar-refractivity contribution in [1.82, 2.24) is 5.32 Å². The highest BCUT2D eigenvalue weighted by Gasteiger charge is 2.58. The third kappa shape index (κ3) is 3.59. The maximum Gasteiger partial charge on any atom is 0.259 e. The predicted molar refractivity (Wildman–Crippen MR) is 140 cm³/mol. The van der Waals surface area contributed by atoms with Gasteiger partial charge >= 0.3 is 0 Å². The molecule has 0 radical (unpaired) electrons. The van der Waals surface area contributed by atoms with Gasteiger partial charge in [0.25, 0.3) is 5.91 Å². The number of ketones is 3. The molecule has 3 aromatic rings. The number of allylic oxidation sites excluding steroid dienone is 2. The SMILES string of the molecule is COc1cc(O)c2c(c1C(=O)NCc1c(C)cc(Cl)c3ccccc13)OC1=CC(=O)C(C(C)=O)C(=O)[C@]12C. The van der Waals surface area contributed by atoms with Gasteiger partial charge in [0.15, 0.2) is 17.3 Å². The monoisotopic (exact) mass is 533 g/mol. The summed E-state index contributed by atoms with van der Waals surface area (Å²) in [5.41, 5.74) is 0.0748. The van der Waals surface area contributed by atoms with E-state index in [9.17, 15) is 24.3 Å². The number of amides is 1. The quantitative estimate of drug-likeness (QED) is 0.468. The van der Waals surface area contributed by atoms with E-state index in [2.05, 4.69) is 5.32 Å². The predicted octanol–water partition coefficient (Wildman–Crippen LogP) is 4.34. The van der Waals surface area contributed by atoms with Gasteiger partial charge in [0.05, 0.1) is 12.7 Å². The van der Waals surface area contributed by atoms with E-state index in [1.54, 1.807) is 0 Å². The van der Waals surface area contributed by atoms with Crippen LogP contribution in [0.1, 0.15) is 40.9 Å². The molecule has 38 heavy (non-hydrogen) atoms. The molecule has 2 aliphatic rings. The second kappa shape index (κ2) is 8.99. The number of carbonyl (C=O) groups is 4. The van der Waals surface area contributed by atoms with E-state index in [1.807, 2.05) is 37.3 Å². The van der Waals surface area contributed by atoms with Crippen LogP contribution in [-0.2, 0) is 26.3 Å². The van der Waals surface area contributed by atoms with Crippen molar-refractivity contribution in [3.63, 3.8) is 0 Å². The van der Waals surface area contributed by atoms with Gasteiger partial charge in [-0.3, -0.25) is 19.2 Å². The molecular weight excluding hydrogens is 510 g/mol. The Bertz CT molecular complexity index is 1620. The number of aromatic hydroxyl groups is 1. The van der Waals surface area contributed by atoms with E-state index in [0.717, 1.165) is 34.9 Å². The molecule has 2 N–H and O–H groups in total. The van der Waals surface area contributed by atoms with E-state index in [0.29, 0.717) is 5.02 Å². The zero-order valence-electron chi connectivity index (χ0n) is 21.1. The van der Waals surface area contributed by atoms with E-state index in [4.69, 9.17) is 21.1 Å². The summed E-state index contributed by atoms with van der Waals surface area (Å²) in [5, 5.41) is 16.1. The summed E-state index contributed by atoms with van der Waals surface area (Å²) < 4.78 is 11.3. The molecule has 0 spiro atoms. The number of carbonyl (C=O) groups excluding carboxylic acids is 4. The molecule has 2 atom stereocenters. The van der Waals surface area contributed by atoms with Crippen molar-refractivity contribution < 1.29 is 33.8 Å². The first-order valence-electron chi connectivity index (χ1n) is 11.9. The van der Waals surface area contributed by atoms with Crippen LogP contribution in [0.25, 0.3) is 10.8 Å². The summed E-state index contributed by atoms with van der Waals surface area (Å²) in [7, 11) is 1.33. The van der Waals surface area contributed by atoms with Crippen LogP contribution < -0.4 is 14.8 Å². The number of Topliss-reactive ketones (excluding diaryl/α,β-unsaturated/α-hetero) is 2. The molecule has 9 heteroatoms. The van der Waals surface area contributed by atoms with Crippen LogP contribution in [0.4, 0.5) is 0 Å². The lowest BCUT2D eigenvalue weighted by molar-refractivity contribution is -0.140. The van der Waals surface area contributed by atoms with Gasteiger partial charge in [-0.25, -0.2) is 0 Å². The highest BCUT2D eigenvalue weighted by atomic mass is 35.5. The number of hydrogen-bond acceptors (Lipinski definition) is 7. The number of nitrogens with one attached hydrogen (secondary N) is 1. The third-order valence-electron chi connectivity index (χ3n) is 7.35. The van der Waals surface area contributed by atoms with Crippen LogP contribution in [0, 0.1) is 12.8 Å². The van der Waals surface area contributed by atoms with Crippen LogP contribution >= 0.6 is 11.6 Å². The van der Waals surface area contributed by atoms with Crippen molar-refractivity contribution in [2.24, 2.45) is 5.92 Å². The molecule has 0 saturated heterocycles. The molecule has 5 rings (SSSR count). The number of fused-ring (bicyclic) bond motifs is 4. The van der Waals surface area contributed by atoms with Crippen molar-refractivity contribution in [2.45, 2.75) is 32.7 Å². The average Bonchev–Trinajstić information content (AvgIpc) is 3.17. The van der Waals surface area contributed by atoms with Gasteiger partial charge in [0, 0.05) is 29.1 Å². The minimum Gasteiger partial charge on any atom is -0.507 e. The van der Waals surface area contributed by atoms with E-state index in [1.165, 1.54) is 20.1 Å². The van der Waals surface area contributed by atoms with Crippen molar-refractivity contribution in [1.29, 1.82) is 0 Å². The zero-order chi connectivity index (χ0) is 27.5. The number of methoxy groups -OCH3 is 1. The van der Waals surface area contributed by atoms with Gasteiger partial charge in [-0.1, -0.05) is 35.9 Å². The Morgan fingerprint density at radius 2 is 1.87 bits per heavy atom. The highest BCUT2D eigenvalue weighted by Crippen LogP contribution is 2.56. The van der Waals surface area contributed by atoms with Gasteiger partial charge in [0.2, 0.25) is 0 Å². The Morgan fingerprint density at radius 3 is 2.53 bits per heavy atom. The molecule has 194 valence electrons. The number of benzene rings is 3. The lowest BCUT2D eigenvalue weighted by Gasteiger charge is -2.30. The van der Waals surface area contributed by atoms with E-state index in [-0.39, 0.29) is 40.7 Å². The minimum absolute atomic E-state index is 0.00609. The van der Waals surface area contributed by atoms with Crippen molar-refractivity contribution in [3.05, 3.63) is 75.5 Å². The van der Waals surface area contributed by atoms with E-state index < -0.39 is 34.6 Å². The topological polar surface area (TPSA) is 119 Å². The van der Waals surface area contributed by atoms with Crippen LogP contribution in [0.2, 0.25) is 5.02 Å². The molecule has 8 nitrogen and oxygen atoms in total. The van der Waals surface area contributed by atoms with Crippen LogP contribution in [0.15, 0.2) is 48.2 Å². The average molecular weight is 534 g/mol. The molecule has 0 fully saturated rings. The molecule has 1 unspecified atom stereocenters. The first-order valence-corrected chi connectivity index (χ1v) is 12.3. The van der Waals surface area contributed by atoms with Crippen LogP contribution in [-0.4, -0.2) is 35.5 Å². The Morgan fingerprint density at radius 1 is 1.18 bits per heavy atom. The number of hydrogen-bond donors (Lipinski definition) is 2. The van der Waals surface area contributed by atoms with Crippen LogP contribution in [0.5, 0.6) is 17.2 Å². The smallest absolute Gasteiger partial charge is 0.259 e. The number of rotatable bonds is 5. The maximum absolute atomic E-state index is 13.6. The molecule has 1 amide bonds. The molecule has 0 bridgehead atoms. The van der Waals surface area contributed by atoms with Crippen molar-refractivity contribution in [3.8, 4) is 17.2 Å². The highest BCUT2D eigenvalue weighted by molar-refractivity contribution is 6.35. The fourth-order valence-electron chi connectivity index (χ4n) is 5.37. The largest absolute Gasteiger partial charge is 0.507 e. The Labute approximate surface area is 223 Å². The summed E-state index contributed by atoms with van der Waals surface area (Å²) in [6.45, 7) is 4.67. The summed E-state index contributed by atoms with van der Waals surface area (Å²) in [4.78, 5) is 51.7. The van der Waals surface area contributed by atoms with Crippen molar-refractivity contribution in [2.75, 3.05) is 7.11 Å². The normalized spacial score (nSPS) is 19.9. The van der Waals surface area contributed by atoms with Crippen molar-refractivity contribution >= 4 is 45.6 Å². The number of phenolic OH excluding ortho intramolecular Hbond substituents is 1. The fourth-order valence-corrected chi connectivity index (χ4v) is 5.69. The maximum atomic E-state index is 13.6.